The van der Waals surface area contributed by atoms with Gasteiger partial charge < -0.3 is 10.2 Å². The van der Waals surface area contributed by atoms with Crippen LogP contribution in [0, 0.1) is 0 Å². The van der Waals surface area contributed by atoms with E-state index in [1.165, 1.54) is 12.8 Å². The maximum atomic E-state index is 11.3. The van der Waals surface area contributed by atoms with Gasteiger partial charge in [0.05, 0.1) is 0 Å². The number of hydrogen-bond acceptors (Lipinski definition) is 2. The highest BCUT2D eigenvalue weighted by Gasteiger charge is 1.93. The summed E-state index contributed by atoms with van der Waals surface area (Å²) in [6.07, 6.45) is 9.15. The second kappa shape index (κ2) is 10.7. The summed E-state index contributed by atoms with van der Waals surface area (Å²) >= 11 is 0. The molecule has 0 saturated carbocycles. The highest BCUT2D eigenvalue weighted by atomic mass is 16.1. The fourth-order valence-corrected chi connectivity index (χ4v) is 1.36. The van der Waals surface area contributed by atoms with Gasteiger partial charge in [-0.2, -0.15) is 0 Å². The fourth-order valence-electron chi connectivity index (χ4n) is 1.36. The Balaban J connectivity index is 3.37. The maximum absolute atomic E-state index is 11.3. The van der Waals surface area contributed by atoms with E-state index in [0.717, 1.165) is 32.4 Å². The first-order valence-corrected chi connectivity index (χ1v) is 6.26. The van der Waals surface area contributed by atoms with Crippen molar-refractivity contribution in [3.05, 3.63) is 12.2 Å². The van der Waals surface area contributed by atoms with Crippen molar-refractivity contribution in [3.8, 4) is 0 Å². The zero-order valence-electron chi connectivity index (χ0n) is 11.0. The molecule has 3 heteroatoms. The maximum Gasteiger partial charge on any atom is 0.243 e. The quantitative estimate of drug-likeness (QED) is 0.483. The number of carbonyl (C=O) groups is 1. The van der Waals surface area contributed by atoms with Gasteiger partial charge in [0.2, 0.25) is 5.91 Å². The van der Waals surface area contributed by atoms with Crippen molar-refractivity contribution >= 4 is 5.91 Å². The minimum absolute atomic E-state index is 0.0426. The number of carbonyl (C=O) groups excluding carboxylic acids is 1. The van der Waals surface area contributed by atoms with Gasteiger partial charge in [0, 0.05) is 6.54 Å². The van der Waals surface area contributed by atoms with Gasteiger partial charge in [-0.25, -0.2) is 0 Å². The molecule has 0 bridgehead atoms. The molecule has 0 aliphatic rings. The molecule has 0 saturated heterocycles. The Hall–Kier alpha value is -0.830. The van der Waals surface area contributed by atoms with Crippen LogP contribution in [0.4, 0.5) is 0 Å². The SMILES string of the molecule is CCCCCNC(=O)C=CCCCN(C)C. The monoisotopic (exact) mass is 226 g/mol. The van der Waals surface area contributed by atoms with Gasteiger partial charge in [0.1, 0.15) is 0 Å². The molecule has 0 heterocycles. The number of hydrogen-bond donors (Lipinski definition) is 1. The highest BCUT2D eigenvalue weighted by Crippen LogP contribution is 1.93. The average Bonchev–Trinajstić information content (AvgIpc) is 2.23. The van der Waals surface area contributed by atoms with Crippen LogP contribution in [0.3, 0.4) is 0 Å². The van der Waals surface area contributed by atoms with Crippen LogP contribution in [0.5, 0.6) is 0 Å². The third kappa shape index (κ3) is 11.2. The summed E-state index contributed by atoms with van der Waals surface area (Å²) in [5.74, 6) is 0.0426. The van der Waals surface area contributed by atoms with E-state index >= 15 is 0 Å². The van der Waals surface area contributed by atoms with Crippen LogP contribution in [0.1, 0.15) is 39.0 Å². The highest BCUT2D eigenvalue weighted by molar-refractivity contribution is 5.87. The molecule has 0 aliphatic heterocycles. The topological polar surface area (TPSA) is 32.3 Å². The number of amides is 1. The number of rotatable bonds is 9. The molecule has 1 amide bonds. The third-order valence-electron chi connectivity index (χ3n) is 2.32. The molecule has 0 aliphatic carbocycles. The Morgan fingerprint density at radius 3 is 2.62 bits per heavy atom. The molecule has 0 spiro atoms. The lowest BCUT2D eigenvalue weighted by atomic mass is 10.2. The number of nitrogens with one attached hydrogen (secondary N) is 1. The van der Waals surface area contributed by atoms with Crippen LogP contribution in [0.2, 0.25) is 0 Å². The van der Waals surface area contributed by atoms with Crippen LogP contribution in [-0.2, 0) is 4.79 Å². The first kappa shape index (κ1) is 15.2. The Labute approximate surface area is 99.9 Å². The van der Waals surface area contributed by atoms with E-state index in [9.17, 15) is 4.79 Å². The minimum Gasteiger partial charge on any atom is -0.353 e. The number of unbranched alkanes of at least 4 members (excludes halogenated alkanes) is 3. The van der Waals surface area contributed by atoms with E-state index in [-0.39, 0.29) is 5.91 Å². The lowest BCUT2D eigenvalue weighted by Crippen LogP contribution is -2.22. The van der Waals surface area contributed by atoms with Gasteiger partial charge in [-0.15, -0.1) is 0 Å². The molecular weight excluding hydrogens is 200 g/mol. The van der Waals surface area contributed by atoms with Crippen molar-refractivity contribution in [2.45, 2.75) is 39.0 Å². The zero-order chi connectivity index (χ0) is 12.2. The van der Waals surface area contributed by atoms with E-state index in [1.807, 2.05) is 6.08 Å². The van der Waals surface area contributed by atoms with Gasteiger partial charge in [-0.1, -0.05) is 25.8 Å². The molecule has 0 fully saturated rings. The Morgan fingerprint density at radius 2 is 2.00 bits per heavy atom. The fraction of sp³-hybridized carbons (Fsp3) is 0.769. The van der Waals surface area contributed by atoms with Gasteiger partial charge in [0.15, 0.2) is 0 Å². The molecule has 0 atom stereocenters. The van der Waals surface area contributed by atoms with Crippen molar-refractivity contribution in [2.75, 3.05) is 27.2 Å². The lowest BCUT2D eigenvalue weighted by Gasteiger charge is -2.06. The van der Waals surface area contributed by atoms with Crippen LogP contribution < -0.4 is 5.32 Å². The summed E-state index contributed by atoms with van der Waals surface area (Å²) < 4.78 is 0. The smallest absolute Gasteiger partial charge is 0.243 e. The van der Waals surface area contributed by atoms with Crippen LogP contribution >= 0.6 is 0 Å². The molecule has 0 aromatic rings. The summed E-state index contributed by atoms with van der Waals surface area (Å²) in [5.41, 5.74) is 0. The van der Waals surface area contributed by atoms with E-state index < -0.39 is 0 Å². The minimum atomic E-state index is 0.0426. The molecule has 0 aromatic carbocycles. The number of nitrogens with zero attached hydrogens (tertiary/aromatic N) is 1. The Bertz CT molecular complexity index is 200. The summed E-state index contributed by atoms with van der Waals surface area (Å²) in [4.78, 5) is 13.4. The first-order chi connectivity index (χ1) is 7.66. The van der Waals surface area contributed by atoms with Crippen LogP contribution in [0.25, 0.3) is 0 Å². The van der Waals surface area contributed by atoms with Crippen molar-refractivity contribution in [1.82, 2.24) is 10.2 Å². The average molecular weight is 226 g/mol. The normalized spacial score (nSPS) is 11.2. The zero-order valence-corrected chi connectivity index (χ0v) is 11.0. The molecule has 0 rings (SSSR count). The predicted molar refractivity (Wildman–Crippen MR) is 69.5 cm³/mol. The van der Waals surface area contributed by atoms with Crippen LogP contribution in [-0.4, -0.2) is 38.0 Å². The van der Waals surface area contributed by atoms with E-state index in [1.54, 1.807) is 6.08 Å². The van der Waals surface area contributed by atoms with E-state index in [2.05, 4.69) is 31.2 Å². The molecule has 16 heavy (non-hydrogen) atoms. The van der Waals surface area contributed by atoms with Gasteiger partial charge in [-0.3, -0.25) is 4.79 Å². The Kier molecular flexibility index (Phi) is 10.1. The second-order valence-electron chi connectivity index (χ2n) is 4.35. The van der Waals surface area contributed by atoms with E-state index in [4.69, 9.17) is 0 Å². The summed E-state index contributed by atoms with van der Waals surface area (Å²) in [5, 5.41) is 2.88. The van der Waals surface area contributed by atoms with Crippen molar-refractivity contribution in [1.29, 1.82) is 0 Å². The largest absolute Gasteiger partial charge is 0.353 e. The molecule has 0 radical (unpaired) electrons. The van der Waals surface area contributed by atoms with Crippen molar-refractivity contribution < 1.29 is 4.79 Å². The van der Waals surface area contributed by atoms with Crippen molar-refractivity contribution in [3.63, 3.8) is 0 Å². The third-order valence-corrected chi connectivity index (χ3v) is 2.32. The molecular formula is C13H26N2O. The van der Waals surface area contributed by atoms with Gasteiger partial charge in [-0.05, 0) is 46.0 Å². The molecule has 1 N–H and O–H groups in total. The van der Waals surface area contributed by atoms with Gasteiger partial charge >= 0.3 is 0 Å². The summed E-state index contributed by atoms with van der Waals surface area (Å²) in [6, 6.07) is 0. The summed E-state index contributed by atoms with van der Waals surface area (Å²) in [7, 11) is 4.12. The predicted octanol–water partition coefficient (Wildman–Crippen LogP) is 2.19. The van der Waals surface area contributed by atoms with Crippen molar-refractivity contribution in [2.24, 2.45) is 0 Å². The first-order valence-electron chi connectivity index (χ1n) is 6.26. The molecule has 0 unspecified atom stereocenters. The molecule has 94 valence electrons. The van der Waals surface area contributed by atoms with E-state index in [0.29, 0.717) is 0 Å². The number of allylic oxidation sites excluding steroid dienone is 1. The standard InChI is InChI=1S/C13H26N2O/c1-4-5-8-11-14-13(16)10-7-6-9-12-15(2)3/h7,10H,4-6,8-9,11-12H2,1-3H3,(H,14,16). The molecule has 0 aromatic heterocycles. The Morgan fingerprint density at radius 1 is 1.25 bits per heavy atom. The lowest BCUT2D eigenvalue weighted by molar-refractivity contribution is -0.116. The van der Waals surface area contributed by atoms with Gasteiger partial charge in [0.25, 0.3) is 0 Å². The van der Waals surface area contributed by atoms with Crippen LogP contribution in [0.15, 0.2) is 12.2 Å². The second-order valence-corrected chi connectivity index (χ2v) is 4.35. The summed E-state index contributed by atoms with van der Waals surface area (Å²) in [6.45, 7) is 4.03. The molecule has 3 nitrogen and oxygen atoms in total.